The molecule has 0 radical (unpaired) electrons. The van der Waals surface area contributed by atoms with Crippen LogP contribution in [0.2, 0.25) is 5.15 Å². The molecule has 0 spiro atoms. The Morgan fingerprint density at radius 2 is 2.12 bits per heavy atom. The first kappa shape index (κ1) is 24.3. The van der Waals surface area contributed by atoms with Crippen LogP contribution in [0.4, 0.5) is 5.82 Å². The highest BCUT2D eigenvalue weighted by molar-refractivity contribution is 7.99. The summed E-state index contributed by atoms with van der Waals surface area (Å²) in [5, 5.41) is 3.63. The summed E-state index contributed by atoms with van der Waals surface area (Å²) in [4.78, 5) is 41.7. The molecule has 10 heteroatoms. The van der Waals surface area contributed by atoms with Crippen molar-refractivity contribution in [1.82, 2.24) is 25.2 Å². The topological polar surface area (TPSA) is 91.3 Å². The van der Waals surface area contributed by atoms with E-state index in [1.54, 1.807) is 12.3 Å². The van der Waals surface area contributed by atoms with Crippen LogP contribution < -0.4 is 10.2 Å². The van der Waals surface area contributed by atoms with Crippen LogP contribution in [0.25, 0.3) is 0 Å². The summed E-state index contributed by atoms with van der Waals surface area (Å²) in [5.74, 6) is 0.989. The molecule has 0 saturated carbocycles. The maximum absolute atomic E-state index is 12.4. The predicted octanol–water partition coefficient (Wildman–Crippen LogP) is 3.16. The first-order chi connectivity index (χ1) is 15.5. The Bertz CT molecular complexity index is 917. The van der Waals surface area contributed by atoms with Gasteiger partial charge in [0.15, 0.2) is 5.16 Å². The van der Waals surface area contributed by atoms with Crippen LogP contribution in [0.1, 0.15) is 38.8 Å². The van der Waals surface area contributed by atoms with Gasteiger partial charge < -0.3 is 15.1 Å². The van der Waals surface area contributed by atoms with E-state index in [0.717, 1.165) is 18.5 Å². The zero-order chi connectivity index (χ0) is 22.9. The van der Waals surface area contributed by atoms with Gasteiger partial charge in [0, 0.05) is 44.4 Å². The minimum absolute atomic E-state index is 0.0929. The minimum atomic E-state index is -0.126. The van der Waals surface area contributed by atoms with Crippen LogP contribution in [0.5, 0.6) is 0 Å². The molecule has 1 unspecified atom stereocenters. The van der Waals surface area contributed by atoms with Crippen molar-refractivity contribution in [2.75, 3.05) is 30.3 Å². The minimum Gasteiger partial charge on any atom is -0.353 e. The first-order valence-electron chi connectivity index (χ1n) is 10.8. The summed E-state index contributed by atoms with van der Waals surface area (Å²) in [6.45, 7) is 6.54. The molecule has 32 heavy (non-hydrogen) atoms. The number of hydrogen-bond donors (Lipinski definition) is 1. The van der Waals surface area contributed by atoms with Gasteiger partial charge in [-0.25, -0.2) is 9.97 Å². The lowest BCUT2D eigenvalue weighted by Gasteiger charge is -2.40. The second-order valence-electron chi connectivity index (χ2n) is 7.70. The normalized spacial score (nSPS) is 16.2. The van der Waals surface area contributed by atoms with E-state index >= 15 is 0 Å². The number of carbonyl (C=O) groups is 2. The Balaban J connectivity index is 1.54. The zero-order valence-electron chi connectivity index (χ0n) is 18.5. The number of anilines is 1. The number of piperazine rings is 1. The number of rotatable bonds is 9. The van der Waals surface area contributed by atoms with Crippen molar-refractivity contribution in [3.05, 3.63) is 41.3 Å². The van der Waals surface area contributed by atoms with Crippen LogP contribution in [0.15, 0.2) is 35.6 Å². The van der Waals surface area contributed by atoms with Gasteiger partial charge in [-0.05, 0) is 25.5 Å². The van der Waals surface area contributed by atoms with Crippen LogP contribution in [0.3, 0.4) is 0 Å². The van der Waals surface area contributed by atoms with E-state index in [0.29, 0.717) is 48.7 Å². The third-order valence-electron chi connectivity index (χ3n) is 5.20. The molecule has 3 heterocycles. The van der Waals surface area contributed by atoms with Crippen LogP contribution in [0, 0.1) is 0 Å². The van der Waals surface area contributed by atoms with E-state index in [-0.39, 0.29) is 23.6 Å². The fraction of sp³-hybridized carbons (Fsp3) is 0.500. The van der Waals surface area contributed by atoms with Gasteiger partial charge in [-0.2, -0.15) is 0 Å². The van der Waals surface area contributed by atoms with Gasteiger partial charge in [-0.15, -0.1) is 0 Å². The lowest BCUT2D eigenvalue weighted by atomic mass is 10.1. The van der Waals surface area contributed by atoms with E-state index in [1.165, 1.54) is 11.8 Å². The summed E-state index contributed by atoms with van der Waals surface area (Å²) in [6, 6.07) is 7.40. The molecule has 1 saturated heterocycles. The Hall–Kier alpha value is -2.39. The number of amides is 2. The van der Waals surface area contributed by atoms with E-state index < -0.39 is 0 Å². The molecular formula is C22H29ClN6O2S. The van der Waals surface area contributed by atoms with Crippen molar-refractivity contribution in [2.45, 2.75) is 50.9 Å². The van der Waals surface area contributed by atoms with Gasteiger partial charge in [0.2, 0.25) is 11.8 Å². The van der Waals surface area contributed by atoms with Crippen LogP contribution in [-0.2, 0) is 16.1 Å². The van der Waals surface area contributed by atoms with Gasteiger partial charge in [0.05, 0.1) is 18.0 Å². The summed E-state index contributed by atoms with van der Waals surface area (Å²) in [7, 11) is 0. The maximum atomic E-state index is 12.4. The van der Waals surface area contributed by atoms with E-state index in [2.05, 4.69) is 39.0 Å². The van der Waals surface area contributed by atoms with Crippen LogP contribution >= 0.6 is 23.4 Å². The second-order valence-corrected chi connectivity index (χ2v) is 9.03. The van der Waals surface area contributed by atoms with Gasteiger partial charge in [0.25, 0.3) is 0 Å². The Kier molecular flexibility index (Phi) is 9.11. The number of nitrogens with zero attached hydrogens (tertiary/aromatic N) is 5. The van der Waals surface area contributed by atoms with Crippen LogP contribution in [-0.4, -0.2) is 63.1 Å². The molecule has 1 atom stereocenters. The Labute approximate surface area is 198 Å². The number of pyridine rings is 1. The number of nitrogens with one attached hydrogen (secondary N) is 1. The molecule has 1 fully saturated rings. The quantitative estimate of drug-likeness (QED) is 0.337. The molecule has 0 aliphatic carbocycles. The fourth-order valence-electron chi connectivity index (χ4n) is 3.49. The van der Waals surface area contributed by atoms with Gasteiger partial charge >= 0.3 is 0 Å². The lowest BCUT2D eigenvalue weighted by Crippen LogP contribution is -2.54. The van der Waals surface area contributed by atoms with Crippen molar-refractivity contribution in [1.29, 1.82) is 0 Å². The highest BCUT2D eigenvalue weighted by Gasteiger charge is 2.28. The second kappa shape index (κ2) is 12.0. The van der Waals surface area contributed by atoms with Crippen molar-refractivity contribution in [3.8, 4) is 0 Å². The van der Waals surface area contributed by atoms with Crippen molar-refractivity contribution in [3.63, 3.8) is 0 Å². The average molecular weight is 477 g/mol. The molecule has 1 aliphatic rings. The molecule has 3 rings (SSSR count). The molecule has 2 amide bonds. The molecule has 2 aromatic rings. The third kappa shape index (κ3) is 7.06. The number of halogens is 1. The Morgan fingerprint density at radius 3 is 2.84 bits per heavy atom. The molecule has 1 N–H and O–H groups in total. The maximum Gasteiger partial charge on any atom is 0.230 e. The average Bonchev–Trinajstić information content (AvgIpc) is 2.80. The first-order valence-corrected chi connectivity index (χ1v) is 12.2. The number of carbonyl (C=O) groups excluding carboxylic acids is 2. The molecular weight excluding hydrogens is 448 g/mol. The number of unbranched alkanes of at least 4 members (excludes halogenated alkanes) is 1. The van der Waals surface area contributed by atoms with Crippen molar-refractivity contribution < 1.29 is 9.59 Å². The largest absolute Gasteiger partial charge is 0.353 e. The number of hydrogen-bond acceptors (Lipinski definition) is 7. The summed E-state index contributed by atoms with van der Waals surface area (Å²) in [6.07, 6.45) is 4.23. The molecule has 2 aromatic heterocycles. The van der Waals surface area contributed by atoms with E-state index in [9.17, 15) is 9.59 Å². The zero-order valence-corrected chi connectivity index (χ0v) is 20.0. The van der Waals surface area contributed by atoms with E-state index in [1.807, 2.05) is 23.1 Å². The fourth-order valence-corrected chi connectivity index (χ4v) is 4.40. The van der Waals surface area contributed by atoms with E-state index in [4.69, 9.17) is 11.6 Å². The standard InChI is InChI=1S/C22H29ClN6O2S/c1-3-4-8-21(31)29-11-10-28(14-16(29)2)19-12-18(23)26-22(27-19)32-15-20(30)25-13-17-7-5-6-9-24-17/h5-7,9,12,16H,3-4,8,10-11,13-15H2,1-2H3,(H,25,30). The third-order valence-corrected chi connectivity index (χ3v) is 6.24. The lowest BCUT2D eigenvalue weighted by molar-refractivity contribution is -0.133. The van der Waals surface area contributed by atoms with Crippen molar-refractivity contribution in [2.24, 2.45) is 0 Å². The number of aromatic nitrogens is 3. The molecule has 1 aliphatic heterocycles. The smallest absolute Gasteiger partial charge is 0.230 e. The highest BCUT2D eigenvalue weighted by Crippen LogP contribution is 2.24. The van der Waals surface area contributed by atoms with Crippen molar-refractivity contribution >= 4 is 41.0 Å². The SMILES string of the molecule is CCCCC(=O)N1CCN(c2cc(Cl)nc(SCC(=O)NCc3ccccn3)n2)CC1C. The van der Waals surface area contributed by atoms with Gasteiger partial charge in [-0.1, -0.05) is 42.8 Å². The molecule has 0 aromatic carbocycles. The summed E-state index contributed by atoms with van der Waals surface area (Å²) in [5.41, 5.74) is 0.800. The summed E-state index contributed by atoms with van der Waals surface area (Å²) < 4.78 is 0. The predicted molar refractivity (Wildman–Crippen MR) is 127 cm³/mol. The summed E-state index contributed by atoms with van der Waals surface area (Å²) >= 11 is 7.48. The number of thioether (sulfide) groups is 1. The van der Waals surface area contributed by atoms with Gasteiger partial charge in [0.1, 0.15) is 11.0 Å². The van der Waals surface area contributed by atoms with Gasteiger partial charge in [-0.3, -0.25) is 14.6 Å². The highest BCUT2D eigenvalue weighted by atomic mass is 35.5. The molecule has 172 valence electrons. The molecule has 0 bridgehead atoms. The molecule has 8 nitrogen and oxygen atoms in total. The monoisotopic (exact) mass is 476 g/mol. The Morgan fingerprint density at radius 1 is 1.28 bits per heavy atom.